The molecule has 2 aromatic carbocycles. The van der Waals surface area contributed by atoms with Gasteiger partial charge >= 0.3 is 315 Å². The van der Waals surface area contributed by atoms with Crippen molar-refractivity contribution in [2.45, 2.75) is 105 Å². The summed E-state index contributed by atoms with van der Waals surface area (Å²) in [4.78, 5) is 21.1. The zero-order valence-corrected chi connectivity index (χ0v) is 41.6. The SMILES string of the molecule is CC(C)(C)c1cc(-c2c3nc(cc4nc(c(-c5cc(C(C)(C)C)cc(C(C)(C)C)c5)c5ccc(cc6ccc2[n-]6)[n-]5)[C]([Hg][Cl])=C4)C=C3)cc(C(C)(C)C)c1.[Ni+2]. The summed E-state index contributed by atoms with van der Waals surface area (Å²) in [6, 6.07) is 26.7. The van der Waals surface area contributed by atoms with Crippen LogP contribution in [0.2, 0.25) is 0 Å². The van der Waals surface area contributed by atoms with Crippen LogP contribution in [0.5, 0.6) is 0 Å². The van der Waals surface area contributed by atoms with Crippen LogP contribution in [-0.4, -0.2) is 9.97 Å². The van der Waals surface area contributed by atoms with Gasteiger partial charge in [-0.25, -0.2) is 0 Å². The summed E-state index contributed by atoms with van der Waals surface area (Å²) in [6.07, 6.45) is 6.42. The first kappa shape index (κ1) is 41.4. The fourth-order valence-electron chi connectivity index (χ4n) is 7.08. The Kier molecular flexibility index (Phi) is 11.2. The zero-order chi connectivity index (χ0) is 39.0. The van der Waals surface area contributed by atoms with Gasteiger partial charge in [-0.3, -0.25) is 0 Å². The van der Waals surface area contributed by atoms with Gasteiger partial charge in [-0.2, -0.15) is 0 Å². The summed E-state index contributed by atoms with van der Waals surface area (Å²) >= 11 is -2.00. The van der Waals surface area contributed by atoms with E-state index in [0.717, 1.165) is 67.1 Å². The Morgan fingerprint density at radius 2 is 0.964 bits per heavy atom. The first-order valence-corrected chi connectivity index (χ1v) is 28.6. The summed E-state index contributed by atoms with van der Waals surface area (Å²) in [5.41, 5.74) is 16.4. The number of benzene rings is 2. The first-order valence-electron chi connectivity index (χ1n) is 19.1. The van der Waals surface area contributed by atoms with Gasteiger partial charge in [-0.1, -0.05) is 41.5 Å². The van der Waals surface area contributed by atoms with Crippen molar-refractivity contribution in [2.24, 2.45) is 0 Å². The molecule has 7 heteroatoms. The van der Waals surface area contributed by atoms with Crippen molar-refractivity contribution in [3.8, 4) is 22.3 Å². The number of hydrogen-bond donors (Lipinski definition) is 0. The predicted molar refractivity (Wildman–Crippen MR) is 227 cm³/mol. The predicted octanol–water partition coefficient (Wildman–Crippen LogP) is 13.0. The third-order valence-corrected chi connectivity index (χ3v) is 16.2. The van der Waals surface area contributed by atoms with Crippen molar-refractivity contribution in [1.82, 2.24) is 19.9 Å². The van der Waals surface area contributed by atoms with E-state index < -0.39 is 23.3 Å². The van der Waals surface area contributed by atoms with E-state index in [2.05, 4.69) is 174 Å². The Morgan fingerprint density at radius 3 is 1.42 bits per heavy atom. The summed E-state index contributed by atoms with van der Waals surface area (Å²) < 4.78 is 1.18. The number of hydrogen-bond acceptors (Lipinski definition) is 2. The fourth-order valence-corrected chi connectivity index (χ4v) is 11.5. The molecule has 3 aromatic heterocycles. The molecule has 0 unspecified atom stereocenters. The van der Waals surface area contributed by atoms with E-state index in [4.69, 9.17) is 28.2 Å². The summed E-state index contributed by atoms with van der Waals surface area (Å²) in [5.74, 6) is 0. The molecule has 282 valence electrons. The number of rotatable bonds is 3. The fraction of sp³-hybridized carbons (Fsp3) is 0.333. The van der Waals surface area contributed by atoms with Crippen molar-refractivity contribution in [2.75, 3.05) is 0 Å². The first-order chi connectivity index (χ1) is 25.2. The minimum atomic E-state index is -2.00. The molecule has 5 heterocycles. The molecule has 0 fully saturated rings. The van der Waals surface area contributed by atoms with Crippen LogP contribution in [0.25, 0.3) is 65.6 Å². The molecular formula is C48H51ClHgN4Ni. The van der Waals surface area contributed by atoms with Gasteiger partial charge in [0.25, 0.3) is 0 Å². The molecule has 0 amide bonds. The van der Waals surface area contributed by atoms with Crippen LogP contribution < -0.4 is 9.97 Å². The molecule has 5 aromatic rings. The Hall–Kier alpha value is -3.24. The minimum Gasteiger partial charge on any atom is -0.0561 e. The van der Waals surface area contributed by atoms with Crippen LogP contribution >= 0.6 is 8.25 Å². The second-order valence-corrected chi connectivity index (χ2v) is 25.4. The smallest absolute Gasteiger partial charge is 0.0561 e. The summed E-state index contributed by atoms with van der Waals surface area (Å²) in [7, 11) is 6.97. The Balaban J connectivity index is 0.00000514. The van der Waals surface area contributed by atoms with E-state index >= 15 is 0 Å². The van der Waals surface area contributed by atoms with Crippen LogP contribution in [0.15, 0.2) is 72.8 Å². The minimum absolute atomic E-state index is 0. The van der Waals surface area contributed by atoms with Gasteiger partial charge in [0.1, 0.15) is 0 Å². The average Bonchev–Trinajstić information content (AvgIpc) is 3.89. The van der Waals surface area contributed by atoms with Crippen LogP contribution in [-0.2, 0) is 61.5 Å². The molecule has 55 heavy (non-hydrogen) atoms. The molecule has 0 radical (unpaired) electrons. The number of fused-ring (bicyclic) bond motifs is 8. The van der Waals surface area contributed by atoms with E-state index in [1.807, 2.05) is 0 Å². The summed E-state index contributed by atoms with van der Waals surface area (Å²) in [5, 5.41) is 0. The van der Waals surface area contributed by atoms with E-state index in [1.165, 1.54) is 25.3 Å². The zero-order valence-electron chi connectivity index (χ0n) is 34.4. The normalized spacial score (nSPS) is 13.4. The number of nitrogens with zero attached hydrogens (tertiary/aromatic N) is 4. The van der Waals surface area contributed by atoms with Gasteiger partial charge in [0.2, 0.25) is 0 Å². The maximum absolute atomic E-state index is 6.97. The second-order valence-electron chi connectivity index (χ2n) is 19.1. The van der Waals surface area contributed by atoms with Gasteiger partial charge in [0, 0.05) is 0 Å². The molecular weight excluding hydrogens is 927 g/mol. The van der Waals surface area contributed by atoms with Crippen molar-refractivity contribution in [3.05, 3.63) is 118 Å². The Labute approximate surface area is 353 Å². The van der Waals surface area contributed by atoms with Crippen LogP contribution in [0.3, 0.4) is 0 Å². The van der Waals surface area contributed by atoms with E-state index in [0.29, 0.717) is 0 Å². The molecule has 8 bridgehead atoms. The molecule has 0 saturated heterocycles. The molecule has 2 aliphatic rings. The van der Waals surface area contributed by atoms with Gasteiger partial charge in [-0.05, 0) is 0 Å². The number of aromatic nitrogens is 4. The molecule has 0 atom stereocenters. The van der Waals surface area contributed by atoms with Gasteiger partial charge in [-0.15, -0.1) is 0 Å². The Morgan fingerprint density at radius 1 is 0.509 bits per heavy atom. The van der Waals surface area contributed by atoms with Crippen LogP contribution in [0, 0.1) is 0 Å². The van der Waals surface area contributed by atoms with Crippen molar-refractivity contribution < 1.29 is 39.8 Å². The molecule has 0 aliphatic carbocycles. The van der Waals surface area contributed by atoms with E-state index in [-0.39, 0.29) is 38.2 Å². The third-order valence-electron chi connectivity index (χ3n) is 10.5. The summed E-state index contributed by atoms with van der Waals surface area (Å²) in [6.45, 7) is 27.3. The van der Waals surface area contributed by atoms with E-state index in [1.54, 1.807) is 0 Å². The molecule has 0 spiro atoms. The number of halogens is 1. The van der Waals surface area contributed by atoms with Gasteiger partial charge in [0.05, 0.1) is 0 Å². The third kappa shape index (κ3) is 8.70. The topological polar surface area (TPSA) is 54.0 Å². The average molecular weight is 979 g/mol. The van der Waals surface area contributed by atoms with Crippen molar-refractivity contribution in [3.63, 3.8) is 0 Å². The van der Waals surface area contributed by atoms with Crippen LogP contribution in [0.4, 0.5) is 0 Å². The molecule has 2 aliphatic heterocycles. The van der Waals surface area contributed by atoms with Gasteiger partial charge in [0.15, 0.2) is 0 Å². The van der Waals surface area contributed by atoms with Gasteiger partial charge < -0.3 is 0 Å². The quantitative estimate of drug-likeness (QED) is 0.166. The maximum atomic E-state index is 6.97. The van der Waals surface area contributed by atoms with E-state index in [9.17, 15) is 0 Å². The molecule has 7 rings (SSSR count). The van der Waals surface area contributed by atoms with Crippen LogP contribution in [0.1, 0.15) is 128 Å². The van der Waals surface area contributed by atoms with Crippen molar-refractivity contribution in [1.29, 1.82) is 0 Å². The molecule has 4 nitrogen and oxygen atoms in total. The standard InChI is InChI=1S/C48H51N4.ClH.Hg.Ni/c1-45(2,3)31-21-29(22-32(25-31)46(4,5)6)43-39-17-13-35(49-39)27-37-15-19-41(51-37)44(42-20-16-38(52-42)28-36-14-18-40(43)50-36)30-23-33(47(7,8)9)26-34(24-30)48(10,11)12;;;/h13-19,21-28H,1-12H3;1H;;/q-2;;+1;+2/p-1. The Bertz CT molecular complexity index is 2460. The molecule has 0 N–H and O–H groups in total. The second kappa shape index (κ2) is 14.9. The monoisotopic (exact) mass is 978 g/mol. The van der Waals surface area contributed by atoms with Crippen molar-refractivity contribution >= 4 is 51.6 Å². The molecule has 0 saturated carbocycles.